The van der Waals surface area contributed by atoms with Crippen molar-refractivity contribution in [1.29, 1.82) is 0 Å². The Morgan fingerprint density at radius 1 is 1.43 bits per heavy atom. The van der Waals surface area contributed by atoms with Crippen LogP contribution < -0.4 is 5.32 Å². The van der Waals surface area contributed by atoms with Crippen LogP contribution in [0.4, 0.5) is 0 Å². The number of hydrogen-bond donors (Lipinski definition) is 2. The van der Waals surface area contributed by atoms with Crippen molar-refractivity contribution >= 4 is 17.2 Å². The lowest BCUT2D eigenvalue weighted by Crippen LogP contribution is -2.45. The van der Waals surface area contributed by atoms with Crippen molar-refractivity contribution in [3.8, 4) is 0 Å². The van der Waals surface area contributed by atoms with Crippen molar-refractivity contribution in [1.82, 2.24) is 20.3 Å². The summed E-state index contributed by atoms with van der Waals surface area (Å²) in [6.45, 7) is 0.362. The highest BCUT2D eigenvalue weighted by atomic mass is 32.1. The number of nitrogens with one attached hydrogen (secondary N) is 1. The summed E-state index contributed by atoms with van der Waals surface area (Å²) in [4.78, 5) is 12.9. The van der Waals surface area contributed by atoms with Gasteiger partial charge in [0.1, 0.15) is 0 Å². The Morgan fingerprint density at radius 2 is 2.29 bits per heavy atom. The van der Waals surface area contributed by atoms with E-state index < -0.39 is 6.04 Å². The summed E-state index contributed by atoms with van der Waals surface area (Å²) in [6.07, 6.45) is 10.1. The molecule has 0 bridgehead atoms. The lowest BCUT2D eigenvalue weighted by atomic mass is 9.86. The minimum atomic E-state index is -0.426. The Morgan fingerprint density at radius 3 is 3.04 bits per heavy atom. The third-order valence-corrected chi connectivity index (χ3v) is 6.74. The van der Waals surface area contributed by atoms with E-state index in [4.69, 9.17) is 4.74 Å². The van der Waals surface area contributed by atoms with Crippen LogP contribution in [0.3, 0.4) is 0 Å². The predicted octanol–water partition coefficient (Wildman–Crippen LogP) is 2.83. The van der Waals surface area contributed by atoms with Crippen molar-refractivity contribution in [2.24, 2.45) is 5.92 Å². The van der Waals surface area contributed by atoms with Crippen LogP contribution in [-0.4, -0.2) is 51.4 Å². The molecule has 2 aliphatic rings. The van der Waals surface area contributed by atoms with E-state index >= 15 is 0 Å². The van der Waals surface area contributed by atoms with E-state index in [9.17, 15) is 9.90 Å². The van der Waals surface area contributed by atoms with Crippen LogP contribution in [0.25, 0.3) is 0 Å². The minimum absolute atomic E-state index is 0. The summed E-state index contributed by atoms with van der Waals surface area (Å²) in [5.74, 6) is 0.564. The SMILES string of the molecule is O=C(N[C@@H](CO)C1C[C@@H](n2cc(CC3CCCCC3)nn2)CO1)c1cccs1.[HH]. The molecule has 7 nitrogen and oxygen atoms in total. The molecule has 28 heavy (non-hydrogen) atoms. The van der Waals surface area contributed by atoms with Gasteiger partial charge in [0.2, 0.25) is 0 Å². The van der Waals surface area contributed by atoms with Crippen LogP contribution in [0.1, 0.15) is 61.4 Å². The first kappa shape index (κ1) is 19.5. The quantitative estimate of drug-likeness (QED) is 0.738. The summed E-state index contributed by atoms with van der Waals surface area (Å²) >= 11 is 1.38. The fourth-order valence-corrected chi connectivity index (χ4v) is 4.91. The van der Waals surface area contributed by atoms with Crippen molar-refractivity contribution in [3.63, 3.8) is 0 Å². The molecule has 8 heteroatoms. The van der Waals surface area contributed by atoms with Crippen LogP contribution in [0, 0.1) is 5.92 Å². The first-order chi connectivity index (χ1) is 13.7. The molecule has 0 radical (unpaired) electrons. The van der Waals surface area contributed by atoms with Crippen LogP contribution in [0.2, 0.25) is 0 Å². The van der Waals surface area contributed by atoms with Gasteiger partial charge in [0.05, 0.1) is 42.0 Å². The average molecular weight is 407 g/mol. The Hall–Kier alpha value is -1.77. The zero-order chi connectivity index (χ0) is 19.3. The number of aliphatic hydroxyl groups excluding tert-OH is 1. The van der Waals surface area contributed by atoms with Gasteiger partial charge in [-0.3, -0.25) is 4.79 Å². The number of rotatable bonds is 7. The molecule has 154 valence electrons. The monoisotopic (exact) mass is 406 g/mol. The summed E-state index contributed by atoms with van der Waals surface area (Å²) in [5, 5.41) is 23.2. The number of aliphatic hydroxyl groups is 1. The molecule has 3 atom stereocenters. The summed E-state index contributed by atoms with van der Waals surface area (Å²) < 4.78 is 7.79. The topological polar surface area (TPSA) is 89.3 Å². The number of amides is 1. The third-order valence-electron chi connectivity index (χ3n) is 5.87. The third kappa shape index (κ3) is 4.61. The molecule has 1 aliphatic heterocycles. The lowest BCUT2D eigenvalue weighted by Gasteiger charge is -2.21. The molecular weight excluding hydrogens is 376 g/mol. The van der Waals surface area contributed by atoms with E-state index in [-0.39, 0.29) is 26.1 Å². The number of hydrogen-bond acceptors (Lipinski definition) is 6. The molecule has 2 aromatic heterocycles. The predicted molar refractivity (Wildman–Crippen MR) is 108 cm³/mol. The van der Waals surface area contributed by atoms with Gasteiger partial charge in [-0.2, -0.15) is 0 Å². The van der Waals surface area contributed by atoms with E-state index in [0.717, 1.165) is 18.0 Å². The molecule has 2 aromatic rings. The van der Waals surface area contributed by atoms with Crippen molar-refractivity contribution < 1.29 is 16.1 Å². The second-order valence-electron chi connectivity index (χ2n) is 7.90. The number of carbonyl (C=O) groups excluding carboxylic acids is 1. The molecule has 3 heterocycles. The molecule has 1 saturated heterocycles. The van der Waals surface area contributed by atoms with Crippen LogP contribution >= 0.6 is 11.3 Å². The molecule has 0 spiro atoms. The van der Waals surface area contributed by atoms with E-state index in [2.05, 4.69) is 15.6 Å². The average Bonchev–Trinajstić information content (AvgIpc) is 3.48. The fourth-order valence-electron chi connectivity index (χ4n) is 4.28. The zero-order valence-electron chi connectivity index (χ0n) is 16.0. The Labute approximate surface area is 170 Å². The number of nitrogens with zero attached hydrogens (tertiary/aromatic N) is 3. The second-order valence-corrected chi connectivity index (χ2v) is 8.85. The van der Waals surface area contributed by atoms with Gasteiger partial charge in [-0.1, -0.05) is 43.4 Å². The number of aromatic nitrogens is 3. The van der Waals surface area contributed by atoms with Gasteiger partial charge < -0.3 is 15.2 Å². The first-order valence-electron chi connectivity index (χ1n) is 10.2. The molecule has 1 unspecified atom stereocenters. The van der Waals surface area contributed by atoms with Gasteiger partial charge in [0, 0.05) is 14.0 Å². The maximum absolute atomic E-state index is 12.3. The molecule has 0 aromatic carbocycles. The standard InChI is InChI=1S/C20H28N4O3S.H2/c25-12-17(21-20(26)19-7-4-8-28-19)18-10-16(13-27-18)24-11-15(22-23-24)9-14-5-2-1-3-6-14;/h4,7-8,11,14,16-18,25H,1-3,5-6,9-10,12-13H2,(H,21,26);1H/t16-,17+,18?;/m1./s1. The molecule has 2 N–H and O–H groups in total. The first-order valence-corrected chi connectivity index (χ1v) is 11.1. The normalized spacial score (nSPS) is 24.3. The van der Waals surface area contributed by atoms with Crippen molar-refractivity contribution in [2.75, 3.05) is 13.2 Å². The maximum Gasteiger partial charge on any atom is 0.261 e. The van der Waals surface area contributed by atoms with E-state index in [1.807, 2.05) is 22.3 Å². The Bertz CT molecular complexity index is 764. The molecular formula is C20H30N4O3S. The summed E-state index contributed by atoms with van der Waals surface area (Å²) in [7, 11) is 0. The van der Waals surface area contributed by atoms with E-state index in [1.54, 1.807) is 6.07 Å². The lowest BCUT2D eigenvalue weighted by molar-refractivity contribution is 0.0492. The number of ether oxygens (including phenoxy) is 1. The van der Waals surface area contributed by atoms with Crippen LogP contribution in [0.15, 0.2) is 23.7 Å². The largest absolute Gasteiger partial charge is 0.394 e. The number of thiophene rings is 1. The highest BCUT2D eigenvalue weighted by Crippen LogP contribution is 2.28. The molecule has 1 saturated carbocycles. The van der Waals surface area contributed by atoms with E-state index in [0.29, 0.717) is 17.9 Å². The van der Waals surface area contributed by atoms with Crippen LogP contribution in [0.5, 0.6) is 0 Å². The van der Waals surface area contributed by atoms with Gasteiger partial charge in [0.25, 0.3) is 5.91 Å². The highest BCUT2D eigenvalue weighted by molar-refractivity contribution is 7.12. The molecule has 4 rings (SSSR count). The molecule has 2 fully saturated rings. The van der Waals surface area contributed by atoms with Crippen molar-refractivity contribution in [3.05, 3.63) is 34.3 Å². The smallest absolute Gasteiger partial charge is 0.261 e. The van der Waals surface area contributed by atoms with Crippen LogP contribution in [-0.2, 0) is 11.2 Å². The van der Waals surface area contributed by atoms with E-state index in [1.165, 1.54) is 43.4 Å². The van der Waals surface area contributed by atoms with Crippen molar-refractivity contribution in [2.45, 2.75) is 63.1 Å². The Kier molecular flexibility index (Phi) is 6.39. The highest BCUT2D eigenvalue weighted by Gasteiger charge is 2.34. The summed E-state index contributed by atoms with van der Waals surface area (Å²) in [5.41, 5.74) is 1.06. The summed E-state index contributed by atoms with van der Waals surface area (Å²) in [6, 6.07) is 3.27. The van der Waals surface area contributed by atoms with Gasteiger partial charge in [-0.05, 0) is 23.8 Å². The zero-order valence-corrected chi connectivity index (χ0v) is 16.8. The fraction of sp³-hybridized carbons (Fsp3) is 0.650. The van der Waals surface area contributed by atoms with Gasteiger partial charge in [-0.25, -0.2) is 4.68 Å². The van der Waals surface area contributed by atoms with Gasteiger partial charge in [-0.15, -0.1) is 16.4 Å². The molecule has 1 amide bonds. The minimum Gasteiger partial charge on any atom is -0.394 e. The number of carbonyl (C=O) groups is 1. The maximum atomic E-state index is 12.3. The Balaban J connectivity index is 0.00000240. The second kappa shape index (κ2) is 9.15. The van der Waals surface area contributed by atoms with Gasteiger partial charge in [0.15, 0.2) is 0 Å². The molecule has 1 aliphatic carbocycles. The van der Waals surface area contributed by atoms with Gasteiger partial charge >= 0.3 is 0 Å².